The van der Waals surface area contributed by atoms with Crippen molar-refractivity contribution >= 4 is 8.80 Å². The van der Waals surface area contributed by atoms with Gasteiger partial charge < -0.3 is 18.0 Å². The Kier molecular flexibility index (Phi) is 11.5. The highest BCUT2D eigenvalue weighted by Gasteiger charge is 2.46. The van der Waals surface area contributed by atoms with Gasteiger partial charge in [0.05, 0.1) is 51.0 Å². The van der Waals surface area contributed by atoms with Crippen molar-refractivity contribution in [3.8, 4) is 0 Å². The lowest BCUT2D eigenvalue weighted by Crippen LogP contribution is -2.42. The molecular weight excluding hydrogens is 705 g/mol. The van der Waals surface area contributed by atoms with Gasteiger partial charge in [0.15, 0.2) is 0 Å². The third-order valence-electron chi connectivity index (χ3n) is 9.09. The van der Waals surface area contributed by atoms with Crippen molar-refractivity contribution in [1.82, 2.24) is 60.0 Å². The van der Waals surface area contributed by atoms with Gasteiger partial charge in [-0.05, 0) is 23.1 Å². The summed E-state index contributed by atoms with van der Waals surface area (Å²) in [6, 6.07) is 30.8. The van der Waals surface area contributed by atoms with Gasteiger partial charge in [-0.3, -0.25) is 4.68 Å². The lowest BCUT2D eigenvalue weighted by molar-refractivity contribution is -0.0105. The van der Waals surface area contributed by atoms with Crippen LogP contribution < -0.4 is 0 Å². The molecule has 17 heteroatoms. The van der Waals surface area contributed by atoms with E-state index in [1.165, 1.54) is 0 Å². The number of nitrogens with zero attached hydrogens (tertiary/aromatic N) is 12. The largest absolute Gasteiger partial charge is 0.500 e. The smallest absolute Gasteiger partial charge is 0.377 e. The van der Waals surface area contributed by atoms with E-state index in [4.69, 9.17) is 33.3 Å². The molecule has 0 unspecified atom stereocenters. The third kappa shape index (κ3) is 8.40. The van der Waals surface area contributed by atoms with Crippen LogP contribution in [-0.2, 0) is 56.4 Å². The first-order valence-electron chi connectivity index (χ1n) is 17.5. The maximum atomic E-state index is 6.97. The molecule has 0 aliphatic rings. The number of aromatic nitrogens is 12. The molecule has 3 aromatic carbocycles. The molecule has 0 aliphatic heterocycles. The van der Waals surface area contributed by atoms with Gasteiger partial charge in [0.2, 0.25) is 5.60 Å². The van der Waals surface area contributed by atoms with Crippen molar-refractivity contribution in [2.45, 2.75) is 50.9 Å². The highest BCUT2D eigenvalue weighted by atomic mass is 28.4. The summed E-state index contributed by atoms with van der Waals surface area (Å²) in [4.78, 5) is 0. The lowest BCUT2D eigenvalue weighted by Gasteiger charge is -2.27. The van der Waals surface area contributed by atoms with E-state index in [1.807, 2.05) is 116 Å². The standard InChI is InChI=1S/C37H42N12O4Si/c1-50-54(51-2,52-3)21-13-20-46-25-33(38-42-46)29-53-37(34-26-47(43-39-34)22-30-14-7-4-8-15-30,35-27-48(44-40-35)23-31-16-9-5-10-17-31)36-28-49(45-41-36)24-32-18-11-6-12-19-32/h4-12,14-19,25-28H,13,20-24,29H2,1-3H3. The molecule has 0 N–H and O–H groups in total. The molecule has 0 amide bonds. The number of hydrogen-bond acceptors (Lipinski definition) is 12. The molecule has 4 aromatic heterocycles. The van der Waals surface area contributed by atoms with Crippen LogP contribution in [-0.4, -0.2) is 90.1 Å². The molecular formula is C37H42N12O4Si. The van der Waals surface area contributed by atoms with Gasteiger partial charge in [-0.15, -0.1) is 20.4 Å². The fourth-order valence-electron chi connectivity index (χ4n) is 6.25. The monoisotopic (exact) mass is 746 g/mol. The Hall–Kier alpha value is -5.72. The second-order valence-corrected chi connectivity index (χ2v) is 15.8. The first-order chi connectivity index (χ1) is 26.5. The molecule has 16 nitrogen and oxygen atoms in total. The second-order valence-electron chi connectivity index (χ2n) is 12.7. The van der Waals surface area contributed by atoms with Crippen molar-refractivity contribution in [1.29, 1.82) is 0 Å². The maximum absolute atomic E-state index is 6.97. The summed E-state index contributed by atoms with van der Waals surface area (Å²) in [5, 5.41) is 36.5. The number of benzene rings is 3. The molecule has 0 atom stereocenters. The lowest BCUT2D eigenvalue weighted by atomic mass is 9.92. The average Bonchev–Trinajstić information content (AvgIpc) is 4.06. The Morgan fingerprint density at radius 2 is 0.926 bits per heavy atom. The van der Waals surface area contributed by atoms with Crippen LogP contribution in [0.4, 0.5) is 0 Å². The fraction of sp³-hybridized carbons (Fsp3) is 0.297. The van der Waals surface area contributed by atoms with Crippen LogP contribution in [0.15, 0.2) is 116 Å². The van der Waals surface area contributed by atoms with Gasteiger partial charge in [0, 0.05) is 33.9 Å². The van der Waals surface area contributed by atoms with Crippen molar-refractivity contribution in [2.75, 3.05) is 21.3 Å². The minimum atomic E-state index is -2.72. The van der Waals surface area contributed by atoms with E-state index in [9.17, 15) is 0 Å². The average molecular weight is 747 g/mol. The summed E-state index contributed by atoms with van der Waals surface area (Å²) in [5.74, 6) is 0. The van der Waals surface area contributed by atoms with E-state index in [2.05, 4.69) is 26.0 Å². The SMILES string of the molecule is CO[Si](CCCn1cc(COC(c2cn(Cc3ccccc3)nn2)(c2cn(Cc3ccccc3)nn2)c2cn(Cc3ccccc3)nn2)nn1)(OC)OC. The molecule has 278 valence electrons. The zero-order chi connectivity index (χ0) is 37.2. The molecule has 0 saturated heterocycles. The molecule has 0 spiro atoms. The molecule has 7 rings (SSSR count). The van der Waals surface area contributed by atoms with E-state index in [0.29, 0.717) is 55.0 Å². The van der Waals surface area contributed by atoms with Gasteiger partial charge >= 0.3 is 8.80 Å². The van der Waals surface area contributed by atoms with Crippen molar-refractivity contribution in [2.24, 2.45) is 0 Å². The zero-order valence-electron chi connectivity index (χ0n) is 30.4. The van der Waals surface area contributed by atoms with Gasteiger partial charge in [-0.2, -0.15) is 0 Å². The van der Waals surface area contributed by atoms with Crippen LogP contribution in [0.1, 0.15) is 45.9 Å². The molecule has 4 heterocycles. The van der Waals surface area contributed by atoms with Crippen LogP contribution in [0.5, 0.6) is 0 Å². The summed E-state index contributed by atoms with van der Waals surface area (Å²) in [6.45, 7) is 2.12. The quantitative estimate of drug-likeness (QED) is 0.110. The molecule has 0 aliphatic carbocycles. The number of aryl methyl sites for hydroxylation is 1. The van der Waals surface area contributed by atoms with Crippen LogP contribution in [0.2, 0.25) is 6.04 Å². The molecule has 0 radical (unpaired) electrons. The minimum absolute atomic E-state index is 0.0372. The topological polar surface area (TPSA) is 160 Å². The van der Waals surface area contributed by atoms with E-state index < -0.39 is 14.4 Å². The van der Waals surface area contributed by atoms with Gasteiger partial charge in [-0.25, -0.2) is 14.0 Å². The maximum Gasteiger partial charge on any atom is 0.500 e. The normalized spacial score (nSPS) is 12.1. The Morgan fingerprint density at radius 1 is 0.519 bits per heavy atom. The van der Waals surface area contributed by atoms with E-state index >= 15 is 0 Å². The summed E-state index contributed by atoms with van der Waals surface area (Å²) in [6.07, 6.45) is 8.13. The van der Waals surface area contributed by atoms with Crippen LogP contribution in [0.3, 0.4) is 0 Å². The first-order valence-corrected chi connectivity index (χ1v) is 19.5. The predicted molar refractivity (Wildman–Crippen MR) is 198 cm³/mol. The van der Waals surface area contributed by atoms with Gasteiger partial charge in [0.25, 0.3) is 0 Å². The zero-order valence-corrected chi connectivity index (χ0v) is 31.4. The molecule has 0 saturated carbocycles. The number of rotatable bonds is 19. The molecule has 0 bridgehead atoms. The molecule has 0 fully saturated rings. The van der Waals surface area contributed by atoms with E-state index in [0.717, 1.165) is 23.1 Å². The van der Waals surface area contributed by atoms with Crippen LogP contribution in [0.25, 0.3) is 0 Å². The number of ether oxygens (including phenoxy) is 1. The second kappa shape index (κ2) is 17.0. The fourth-order valence-corrected chi connectivity index (χ4v) is 7.95. The molecule has 7 aromatic rings. The summed E-state index contributed by atoms with van der Waals surface area (Å²) in [7, 11) is 2.11. The highest BCUT2D eigenvalue weighted by Crippen LogP contribution is 2.38. The van der Waals surface area contributed by atoms with Crippen molar-refractivity contribution in [3.05, 3.63) is 155 Å². The summed E-state index contributed by atoms with van der Waals surface area (Å²) < 4.78 is 30.8. The minimum Gasteiger partial charge on any atom is -0.377 e. The Labute approximate surface area is 313 Å². The Morgan fingerprint density at radius 3 is 1.33 bits per heavy atom. The summed E-state index contributed by atoms with van der Waals surface area (Å²) in [5.41, 5.74) is 3.71. The first kappa shape index (κ1) is 36.6. The Balaban J connectivity index is 1.24. The molecule has 54 heavy (non-hydrogen) atoms. The van der Waals surface area contributed by atoms with Gasteiger partial charge in [0.1, 0.15) is 22.8 Å². The van der Waals surface area contributed by atoms with Crippen LogP contribution >= 0.6 is 0 Å². The summed E-state index contributed by atoms with van der Waals surface area (Å²) >= 11 is 0. The highest BCUT2D eigenvalue weighted by molar-refractivity contribution is 6.60. The number of hydrogen-bond donors (Lipinski definition) is 0. The Bertz CT molecular complexity index is 1990. The van der Waals surface area contributed by atoms with Crippen molar-refractivity contribution in [3.63, 3.8) is 0 Å². The van der Waals surface area contributed by atoms with E-state index in [-0.39, 0.29) is 6.61 Å². The van der Waals surface area contributed by atoms with Crippen molar-refractivity contribution < 1.29 is 18.0 Å². The van der Waals surface area contributed by atoms with Crippen LogP contribution in [0, 0.1) is 0 Å². The third-order valence-corrected chi connectivity index (χ3v) is 11.9. The van der Waals surface area contributed by atoms with E-state index in [1.54, 1.807) is 40.1 Å². The van der Waals surface area contributed by atoms with Gasteiger partial charge in [-0.1, -0.05) is 112 Å². The predicted octanol–water partition coefficient (Wildman–Crippen LogP) is 3.97.